The number of ketones is 4. The first kappa shape index (κ1) is 118. The molecule has 726 valence electrons. The Morgan fingerprint density at radius 3 is 0.881 bits per heavy atom. The van der Waals surface area contributed by atoms with Gasteiger partial charge in [-0.3, -0.25) is 43.2 Å². The summed E-state index contributed by atoms with van der Waals surface area (Å²) < 4.78 is 37.3. The highest BCUT2D eigenvalue weighted by molar-refractivity contribution is 7.44. The summed E-state index contributed by atoms with van der Waals surface area (Å²) in [5, 5.41) is 8.92. The predicted molar refractivity (Wildman–Crippen MR) is 498 cm³/mol. The summed E-state index contributed by atoms with van der Waals surface area (Å²) in [7, 11) is -1.28. The van der Waals surface area contributed by atoms with Gasteiger partial charge in [-0.1, -0.05) is 166 Å². The number of esters is 4. The minimum atomic E-state index is -1.28. The number of rotatable bonds is 54. The van der Waals surface area contributed by atoms with Crippen LogP contribution in [0.15, 0.2) is 0 Å². The standard InChI is InChI=1S/C23H44N3O3P.4C19H33NO4/c1-7-9-10-11-15-23(27)25-17-12-14-22(21(25)8-2)29-30(28-18-13-16-24)26(19(3)4)20(5)6;2*1-4-6-7-8-11-18(22)20-14-9-10-17(16(20)5-2)24-19(23)13-12-15(3)21;2*1-4-6-7-8-9-18(22)20-13-12-16(5-2)17(14-20)24-19(23)11-10-15(3)21/h19-22H,7-15,17-18H2,1-6H3;4*16-17H,4-14H2,1-3H3/t21-,22-,30?;16-,17+;16-,17-;16-,17+;16-,17-/m00001/s1. The topological polar surface area (TPSA) is 321 Å². The van der Waals surface area contributed by atoms with E-state index in [9.17, 15) is 62.3 Å². The number of hydrogen-bond acceptors (Lipinski definition) is 21. The summed E-state index contributed by atoms with van der Waals surface area (Å²) in [6.45, 7) is 40.9. The van der Waals surface area contributed by atoms with Crippen molar-refractivity contribution < 1.29 is 90.3 Å². The average Bonchev–Trinajstić information content (AvgIpc) is 0.879. The fourth-order valence-corrected chi connectivity index (χ4v) is 18.9. The van der Waals surface area contributed by atoms with Gasteiger partial charge in [0.1, 0.15) is 47.5 Å². The zero-order valence-electron chi connectivity index (χ0n) is 82.2. The van der Waals surface area contributed by atoms with Crippen molar-refractivity contribution in [3.05, 3.63) is 0 Å². The highest BCUT2D eigenvalue weighted by Crippen LogP contribution is 2.49. The second-order valence-electron chi connectivity index (χ2n) is 35.9. The number of nitriles is 1. The molecule has 5 heterocycles. The smallest absolute Gasteiger partial charge is 0.306 e. The van der Waals surface area contributed by atoms with Gasteiger partial charge in [0.15, 0.2) is 0 Å². The molecule has 0 aromatic heterocycles. The lowest BCUT2D eigenvalue weighted by Gasteiger charge is -2.44. The molecule has 11 atom stereocenters. The summed E-state index contributed by atoms with van der Waals surface area (Å²) in [4.78, 5) is 164. The van der Waals surface area contributed by atoms with Crippen molar-refractivity contribution in [3.8, 4) is 6.07 Å². The molecule has 0 spiro atoms. The van der Waals surface area contributed by atoms with Gasteiger partial charge in [-0.05, 0) is 183 Å². The molecule has 5 aliphatic heterocycles. The number of unbranched alkanes of at least 4 members (excludes halogenated alkanes) is 15. The van der Waals surface area contributed by atoms with E-state index in [1.54, 1.807) is 0 Å². The van der Waals surface area contributed by atoms with Crippen LogP contribution in [0.1, 0.15) is 426 Å². The molecule has 5 rings (SSSR count). The summed E-state index contributed by atoms with van der Waals surface area (Å²) in [5.74, 6) is 0.238. The van der Waals surface area contributed by atoms with Gasteiger partial charge in [0, 0.05) is 103 Å². The monoisotopic (exact) mass is 1800 g/mol. The SMILES string of the molecule is CCCCCCC(=O)N1CCC[C@@H](OC(=O)CCC(C)=O)[C@@H]1CC.CCCCCCC(=O)N1CCC[C@H](OC(=O)CCC(C)=O)[C@@H]1CC.CCCCCCC(=O)N1CCC[C@H](OP(OCCC#N)N(C(C)C)C(C)C)[C@@H]1CC.CCCCCCC(=O)N1CC[C@@H](CC)[C@H](OC(=O)CCC(C)=O)C1.CCCCCCC(=O)N1CC[C@H](CC)[C@H](OC(=O)CCC(C)=O)C1. The normalized spacial score (nSPS) is 20.7. The first-order valence-corrected chi connectivity index (χ1v) is 50.9. The highest BCUT2D eigenvalue weighted by Gasteiger charge is 2.41. The molecule has 126 heavy (non-hydrogen) atoms. The molecule has 5 aliphatic rings. The zero-order valence-corrected chi connectivity index (χ0v) is 83.0. The zero-order chi connectivity index (χ0) is 94.3. The third-order valence-electron chi connectivity index (χ3n) is 24.5. The second kappa shape index (κ2) is 71.5. The van der Waals surface area contributed by atoms with E-state index in [0.717, 1.165) is 206 Å². The fraction of sp³-hybridized carbons (Fsp3) is 0.859. The van der Waals surface area contributed by atoms with Crippen LogP contribution in [-0.2, 0) is 90.3 Å². The van der Waals surface area contributed by atoms with Crippen LogP contribution >= 0.6 is 8.53 Å². The van der Waals surface area contributed by atoms with Crippen LogP contribution in [0.3, 0.4) is 0 Å². The van der Waals surface area contributed by atoms with Gasteiger partial charge in [0.05, 0.1) is 82.1 Å². The lowest BCUT2D eigenvalue weighted by atomic mass is 9.91. The van der Waals surface area contributed by atoms with Gasteiger partial charge in [-0.2, -0.15) is 5.26 Å². The molecule has 27 heteroatoms. The van der Waals surface area contributed by atoms with Gasteiger partial charge >= 0.3 is 23.9 Å². The van der Waals surface area contributed by atoms with Crippen LogP contribution in [-0.4, -0.2) is 219 Å². The molecule has 0 radical (unpaired) electrons. The molecule has 0 aromatic carbocycles. The lowest BCUT2D eigenvalue weighted by Crippen LogP contribution is -2.52. The molecular weight excluding hydrogens is 1620 g/mol. The second-order valence-corrected chi connectivity index (χ2v) is 37.3. The van der Waals surface area contributed by atoms with E-state index in [1.807, 2.05) is 33.4 Å². The van der Waals surface area contributed by atoms with Gasteiger partial charge in [-0.25, -0.2) is 4.67 Å². The third-order valence-corrected chi connectivity index (χ3v) is 26.6. The van der Waals surface area contributed by atoms with Crippen LogP contribution in [0.4, 0.5) is 0 Å². The summed E-state index contributed by atoms with van der Waals surface area (Å²) in [6.07, 6.45) is 37.0. The molecule has 0 aliphatic carbocycles. The van der Waals surface area contributed by atoms with Crippen LogP contribution in [0.2, 0.25) is 0 Å². The lowest BCUT2D eigenvalue weighted by molar-refractivity contribution is -0.160. The minimum Gasteiger partial charge on any atom is -0.460 e. The van der Waals surface area contributed by atoms with Crippen molar-refractivity contribution in [1.29, 1.82) is 5.26 Å². The van der Waals surface area contributed by atoms with E-state index in [1.165, 1.54) is 66.2 Å². The maximum absolute atomic E-state index is 12.9. The molecule has 0 bridgehead atoms. The van der Waals surface area contributed by atoms with Crippen LogP contribution in [0, 0.1) is 23.2 Å². The van der Waals surface area contributed by atoms with Gasteiger partial charge in [0.25, 0.3) is 8.53 Å². The summed E-state index contributed by atoms with van der Waals surface area (Å²) >= 11 is 0. The van der Waals surface area contributed by atoms with E-state index in [2.05, 4.69) is 98.7 Å². The number of hydrogen-bond donors (Lipinski definition) is 0. The van der Waals surface area contributed by atoms with Crippen LogP contribution in [0.5, 0.6) is 0 Å². The van der Waals surface area contributed by atoms with Crippen molar-refractivity contribution in [2.75, 3.05) is 52.4 Å². The third kappa shape index (κ3) is 50.2. The van der Waals surface area contributed by atoms with Crippen molar-refractivity contribution in [3.63, 3.8) is 0 Å². The average molecular weight is 1800 g/mol. The maximum Gasteiger partial charge on any atom is 0.306 e. The van der Waals surface area contributed by atoms with Gasteiger partial charge < -0.3 is 71.7 Å². The van der Waals surface area contributed by atoms with E-state index >= 15 is 0 Å². The van der Waals surface area contributed by atoms with Crippen molar-refractivity contribution >= 4 is 85.1 Å². The van der Waals surface area contributed by atoms with Crippen molar-refractivity contribution in [2.24, 2.45) is 11.8 Å². The molecule has 0 N–H and O–H groups in total. The maximum atomic E-state index is 12.9. The number of Topliss-reactive ketones (excluding diaryl/α,β-unsaturated/α-hetero) is 4. The minimum absolute atomic E-state index is 0.00785. The van der Waals surface area contributed by atoms with Crippen molar-refractivity contribution in [2.45, 2.75) is 487 Å². The molecule has 5 fully saturated rings. The summed E-state index contributed by atoms with van der Waals surface area (Å²) in [6, 6.07) is 2.75. The fourth-order valence-electron chi connectivity index (χ4n) is 17.1. The van der Waals surface area contributed by atoms with Crippen LogP contribution in [0.25, 0.3) is 0 Å². The number of ether oxygens (including phenoxy) is 4. The first-order chi connectivity index (χ1) is 60.3. The Morgan fingerprint density at radius 1 is 0.341 bits per heavy atom. The van der Waals surface area contributed by atoms with E-state index in [0.29, 0.717) is 70.1 Å². The molecule has 0 aromatic rings. The number of likely N-dealkylation sites (tertiary alicyclic amines) is 5. The number of carbonyl (C=O) groups excluding carboxylic acids is 13. The molecule has 26 nitrogen and oxygen atoms in total. The predicted octanol–water partition coefficient (Wildman–Crippen LogP) is 20.3. The Morgan fingerprint density at radius 2 is 0.619 bits per heavy atom. The number of nitrogens with zero attached hydrogens (tertiary/aromatic N) is 7. The Labute approximate surface area is 763 Å². The van der Waals surface area contributed by atoms with E-state index < -0.39 is 8.53 Å². The highest BCUT2D eigenvalue weighted by atomic mass is 31.2. The van der Waals surface area contributed by atoms with E-state index in [-0.39, 0.29) is 189 Å². The van der Waals surface area contributed by atoms with Gasteiger partial charge in [0.2, 0.25) is 29.5 Å². The Balaban J connectivity index is 0.000000790. The molecular formula is C99H176N7O19P. The Hall–Kier alpha value is -6.29. The number of piperidine rings is 5. The van der Waals surface area contributed by atoms with Crippen LogP contribution < -0.4 is 0 Å². The molecule has 0 saturated carbocycles. The number of amides is 5. The molecule has 1 unspecified atom stereocenters. The number of carbonyl (C=O) groups is 13. The Bertz CT molecular complexity index is 2930. The summed E-state index contributed by atoms with van der Waals surface area (Å²) in [5.41, 5.74) is 0. The quantitative estimate of drug-likeness (QED) is 0.0236. The van der Waals surface area contributed by atoms with E-state index in [4.69, 9.17) is 33.3 Å². The van der Waals surface area contributed by atoms with Gasteiger partial charge in [-0.15, -0.1) is 0 Å². The largest absolute Gasteiger partial charge is 0.460 e. The molecule has 5 saturated heterocycles. The van der Waals surface area contributed by atoms with Crippen molar-refractivity contribution in [1.82, 2.24) is 29.2 Å². The first-order valence-electron chi connectivity index (χ1n) is 49.7. The molecule has 5 amide bonds. The Kier molecular flexibility index (Phi) is 66.8.